The summed E-state index contributed by atoms with van der Waals surface area (Å²) in [6.07, 6.45) is 2.93. The van der Waals surface area contributed by atoms with Gasteiger partial charge < -0.3 is 14.2 Å². The average molecular weight is 395 g/mol. The lowest BCUT2D eigenvalue weighted by atomic mass is 9.97. The second-order valence-electron chi connectivity index (χ2n) is 6.37. The van der Waals surface area contributed by atoms with Gasteiger partial charge in [-0.05, 0) is 36.4 Å². The molecule has 9 heteroatoms. The number of pyridine rings is 1. The molecule has 1 saturated heterocycles. The Morgan fingerprint density at radius 1 is 1.36 bits per heavy atom. The van der Waals surface area contributed by atoms with Crippen molar-refractivity contribution < 1.29 is 14.1 Å². The molecular formula is C19H17N5O3S. The Kier molecular flexibility index (Phi) is 5.30. The molecule has 4 heterocycles. The Hall–Kier alpha value is -3.25. The Bertz CT molecular complexity index is 970. The van der Waals surface area contributed by atoms with Crippen molar-refractivity contribution in [3.05, 3.63) is 47.3 Å². The number of hydrogen-bond donors (Lipinski definition) is 0. The molecule has 4 rings (SSSR count). The fourth-order valence-electron chi connectivity index (χ4n) is 3.05. The van der Waals surface area contributed by atoms with Gasteiger partial charge in [-0.2, -0.15) is 10.2 Å². The molecule has 0 saturated carbocycles. The summed E-state index contributed by atoms with van der Waals surface area (Å²) in [7, 11) is 0. The predicted octanol–water partition coefficient (Wildman–Crippen LogP) is 3.02. The minimum absolute atomic E-state index is 0.0192. The van der Waals surface area contributed by atoms with Crippen LogP contribution in [0, 0.1) is 17.2 Å². The van der Waals surface area contributed by atoms with E-state index in [1.165, 1.54) is 11.3 Å². The molecule has 142 valence electrons. The van der Waals surface area contributed by atoms with Crippen LogP contribution in [-0.2, 0) is 16.1 Å². The van der Waals surface area contributed by atoms with E-state index >= 15 is 0 Å². The molecule has 0 aliphatic carbocycles. The minimum Gasteiger partial charge on any atom is -0.455 e. The first-order valence-electron chi connectivity index (χ1n) is 8.87. The number of esters is 1. The van der Waals surface area contributed by atoms with Gasteiger partial charge in [0.15, 0.2) is 6.61 Å². The highest BCUT2D eigenvalue weighted by Gasteiger charge is 2.27. The lowest BCUT2D eigenvalue weighted by Gasteiger charge is -2.31. The topological polar surface area (TPSA) is 105 Å². The fraction of sp³-hybridized carbons (Fsp3) is 0.316. The number of hydrogen-bond acceptors (Lipinski definition) is 9. The van der Waals surface area contributed by atoms with E-state index in [0.717, 1.165) is 10.7 Å². The molecule has 0 unspecified atom stereocenters. The van der Waals surface area contributed by atoms with E-state index in [1.807, 2.05) is 23.6 Å². The van der Waals surface area contributed by atoms with Crippen LogP contribution in [0.5, 0.6) is 0 Å². The second-order valence-corrected chi connectivity index (χ2v) is 7.32. The molecule has 1 fully saturated rings. The highest BCUT2D eigenvalue weighted by Crippen LogP contribution is 2.24. The van der Waals surface area contributed by atoms with Crippen molar-refractivity contribution >= 4 is 23.1 Å². The van der Waals surface area contributed by atoms with Gasteiger partial charge in [-0.3, -0.25) is 4.79 Å². The highest BCUT2D eigenvalue weighted by atomic mass is 32.1. The van der Waals surface area contributed by atoms with Crippen LogP contribution >= 0.6 is 11.3 Å². The molecule has 0 bridgehead atoms. The van der Waals surface area contributed by atoms with E-state index < -0.39 is 0 Å². The van der Waals surface area contributed by atoms with Gasteiger partial charge in [-0.1, -0.05) is 11.2 Å². The normalized spacial score (nSPS) is 14.6. The summed E-state index contributed by atoms with van der Waals surface area (Å²) in [5, 5.41) is 14.7. The summed E-state index contributed by atoms with van der Waals surface area (Å²) >= 11 is 1.52. The van der Waals surface area contributed by atoms with E-state index in [1.54, 1.807) is 12.3 Å². The Balaban J connectivity index is 1.26. The Morgan fingerprint density at radius 3 is 2.89 bits per heavy atom. The zero-order valence-corrected chi connectivity index (χ0v) is 15.8. The van der Waals surface area contributed by atoms with Crippen LogP contribution < -0.4 is 4.90 Å². The summed E-state index contributed by atoms with van der Waals surface area (Å²) < 4.78 is 10.5. The summed E-state index contributed by atoms with van der Waals surface area (Å²) in [6, 6.07) is 9.45. The molecule has 3 aromatic heterocycles. The molecule has 3 aromatic rings. The van der Waals surface area contributed by atoms with Crippen LogP contribution in [0.1, 0.15) is 24.3 Å². The number of aromatic nitrogens is 3. The first-order valence-corrected chi connectivity index (χ1v) is 9.75. The maximum Gasteiger partial charge on any atom is 0.309 e. The maximum atomic E-state index is 12.4. The van der Waals surface area contributed by atoms with Crippen molar-refractivity contribution in [1.29, 1.82) is 5.26 Å². The molecule has 1 aliphatic heterocycles. The van der Waals surface area contributed by atoms with Crippen LogP contribution in [0.2, 0.25) is 0 Å². The summed E-state index contributed by atoms with van der Waals surface area (Å²) in [5.41, 5.74) is 0.533. The van der Waals surface area contributed by atoms with Crippen LogP contribution in [0.3, 0.4) is 0 Å². The van der Waals surface area contributed by atoms with Gasteiger partial charge in [0.05, 0.1) is 16.4 Å². The van der Waals surface area contributed by atoms with Crippen molar-refractivity contribution in [2.45, 2.75) is 19.4 Å². The zero-order valence-electron chi connectivity index (χ0n) is 14.9. The summed E-state index contributed by atoms with van der Waals surface area (Å²) in [4.78, 5) is 23.9. The van der Waals surface area contributed by atoms with Gasteiger partial charge in [0, 0.05) is 19.3 Å². The lowest BCUT2D eigenvalue weighted by molar-refractivity contribution is -0.151. The van der Waals surface area contributed by atoms with Crippen LogP contribution in [0.25, 0.3) is 10.7 Å². The average Bonchev–Trinajstić information content (AvgIpc) is 3.44. The number of nitrogens with zero attached hydrogens (tertiary/aromatic N) is 5. The van der Waals surface area contributed by atoms with Crippen molar-refractivity contribution in [2.75, 3.05) is 18.0 Å². The minimum atomic E-state index is -0.247. The number of rotatable bonds is 5. The van der Waals surface area contributed by atoms with Crippen molar-refractivity contribution in [1.82, 2.24) is 15.1 Å². The largest absolute Gasteiger partial charge is 0.455 e. The quantitative estimate of drug-likeness (QED) is 0.607. The van der Waals surface area contributed by atoms with Crippen molar-refractivity contribution in [3.8, 4) is 16.8 Å². The van der Waals surface area contributed by atoms with Gasteiger partial charge in [-0.25, -0.2) is 4.98 Å². The number of thiophene rings is 1. The molecule has 0 atom stereocenters. The van der Waals surface area contributed by atoms with Gasteiger partial charge in [0.25, 0.3) is 5.89 Å². The highest BCUT2D eigenvalue weighted by molar-refractivity contribution is 7.13. The van der Waals surface area contributed by atoms with E-state index in [9.17, 15) is 4.79 Å². The number of piperidine rings is 1. The molecule has 0 radical (unpaired) electrons. The first kappa shape index (κ1) is 18.1. The molecule has 0 spiro atoms. The number of carbonyl (C=O) groups excluding carboxylic acids is 1. The summed E-state index contributed by atoms with van der Waals surface area (Å²) in [6.45, 7) is 1.40. The number of carbonyl (C=O) groups is 1. The van der Waals surface area contributed by atoms with Crippen molar-refractivity contribution in [3.63, 3.8) is 0 Å². The number of nitriles is 1. The van der Waals surface area contributed by atoms with Crippen LogP contribution in [0.15, 0.2) is 40.4 Å². The molecular weight excluding hydrogens is 378 g/mol. The summed E-state index contributed by atoms with van der Waals surface area (Å²) in [5.74, 6) is 1.20. The second kappa shape index (κ2) is 8.19. The predicted molar refractivity (Wildman–Crippen MR) is 101 cm³/mol. The van der Waals surface area contributed by atoms with Gasteiger partial charge in [0.1, 0.15) is 11.9 Å². The standard InChI is InChI=1S/C19H17N5O3S/c20-10-13-3-4-16(21-11-13)24-7-5-14(6-8-24)19(25)26-12-17-22-18(23-27-17)15-2-1-9-28-15/h1-4,9,11,14H,5-8,12H2. The number of ether oxygens (including phenoxy) is 1. The van der Waals surface area contributed by atoms with Gasteiger partial charge >= 0.3 is 5.97 Å². The monoisotopic (exact) mass is 395 g/mol. The molecule has 28 heavy (non-hydrogen) atoms. The lowest BCUT2D eigenvalue weighted by Crippen LogP contribution is -2.37. The van der Waals surface area contributed by atoms with E-state index in [2.05, 4.69) is 26.1 Å². The van der Waals surface area contributed by atoms with Crippen LogP contribution in [0.4, 0.5) is 5.82 Å². The fourth-order valence-corrected chi connectivity index (χ4v) is 3.70. The Morgan fingerprint density at radius 2 is 2.21 bits per heavy atom. The molecule has 8 nitrogen and oxygen atoms in total. The van der Waals surface area contributed by atoms with E-state index in [0.29, 0.717) is 37.3 Å². The first-order chi connectivity index (χ1) is 13.7. The third kappa shape index (κ3) is 4.02. The zero-order chi connectivity index (χ0) is 19.3. The smallest absolute Gasteiger partial charge is 0.309 e. The van der Waals surface area contributed by atoms with E-state index in [-0.39, 0.29) is 24.4 Å². The Labute approximate surface area is 165 Å². The third-order valence-electron chi connectivity index (χ3n) is 4.58. The molecule has 1 aliphatic rings. The van der Waals surface area contributed by atoms with Crippen LogP contribution in [-0.4, -0.2) is 34.2 Å². The van der Waals surface area contributed by atoms with Gasteiger partial charge in [0.2, 0.25) is 5.82 Å². The van der Waals surface area contributed by atoms with Gasteiger partial charge in [-0.15, -0.1) is 11.3 Å². The molecule has 0 amide bonds. The van der Waals surface area contributed by atoms with Crippen molar-refractivity contribution in [2.24, 2.45) is 5.92 Å². The molecule has 0 aromatic carbocycles. The molecule has 0 N–H and O–H groups in total. The SMILES string of the molecule is N#Cc1ccc(N2CCC(C(=O)OCc3nc(-c4cccs4)no3)CC2)nc1. The number of anilines is 1. The third-order valence-corrected chi connectivity index (χ3v) is 5.44. The maximum absolute atomic E-state index is 12.4. The van der Waals surface area contributed by atoms with E-state index in [4.69, 9.17) is 14.5 Å².